The minimum absolute atomic E-state index is 0.0721. The fourth-order valence-electron chi connectivity index (χ4n) is 3.02. The Morgan fingerprint density at radius 1 is 1.11 bits per heavy atom. The molecule has 0 atom stereocenters. The molecule has 0 spiro atoms. The first-order valence-electron chi connectivity index (χ1n) is 9.25. The van der Waals surface area contributed by atoms with Crippen molar-refractivity contribution in [3.8, 4) is 0 Å². The van der Waals surface area contributed by atoms with Gasteiger partial charge in [0, 0.05) is 19.4 Å². The Morgan fingerprint density at radius 2 is 1.93 bits per heavy atom. The van der Waals surface area contributed by atoms with Crippen molar-refractivity contribution in [3.05, 3.63) is 65.0 Å². The van der Waals surface area contributed by atoms with Crippen LogP contribution in [0.4, 0.5) is 13.2 Å². The number of hydrogen-bond donors (Lipinski definition) is 2. The summed E-state index contributed by atoms with van der Waals surface area (Å²) < 4.78 is 38.2. The molecule has 1 aromatic heterocycles. The van der Waals surface area contributed by atoms with Crippen molar-refractivity contribution in [1.82, 2.24) is 15.3 Å². The number of carbonyl (C=O) groups excluding carboxylic acids is 1. The molecule has 0 unspecified atom stereocenters. The summed E-state index contributed by atoms with van der Waals surface area (Å²) in [5.41, 5.74) is 2.57. The average Bonchev–Trinajstić information content (AvgIpc) is 3.06. The second-order valence-corrected chi connectivity index (χ2v) is 6.76. The number of aromatic amines is 1. The van der Waals surface area contributed by atoms with Gasteiger partial charge in [0.1, 0.15) is 5.82 Å². The maximum absolute atomic E-state index is 12.7. The fourth-order valence-corrected chi connectivity index (χ4v) is 3.02. The lowest BCUT2D eigenvalue weighted by Crippen LogP contribution is -2.23. The van der Waals surface area contributed by atoms with E-state index in [9.17, 15) is 18.0 Å². The molecule has 0 saturated carbocycles. The molecule has 0 radical (unpaired) electrons. The Kier molecular flexibility index (Phi) is 6.02. The zero-order valence-corrected chi connectivity index (χ0v) is 15.6. The van der Waals surface area contributed by atoms with E-state index in [1.807, 2.05) is 18.2 Å². The van der Waals surface area contributed by atoms with E-state index < -0.39 is 11.7 Å². The van der Waals surface area contributed by atoms with Crippen LogP contribution in [0.1, 0.15) is 42.3 Å². The molecular weight excluding hydrogens is 367 g/mol. The van der Waals surface area contributed by atoms with Gasteiger partial charge >= 0.3 is 6.18 Å². The summed E-state index contributed by atoms with van der Waals surface area (Å²) in [6.07, 6.45) is -1.67. The number of amides is 1. The van der Waals surface area contributed by atoms with E-state index in [1.54, 1.807) is 6.07 Å². The van der Waals surface area contributed by atoms with Gasteiger partial charge in [-0.3, -0.25) is 4.79 Å². The Bertz CT molecular complexity index is 963. The van der Waals surface area contributed by atoms with E-state index in [2.05, 4.69) is 22.2 Å². The molecule has 1 heterocycles. The van der Waals surface area contributed by atoms with E-state index in [1.165, 1.54) is 6.07 Å². The highest BCUT2D eigenvalue weighted by molar-refractivity contribution is 5.78. The number of hydrogen-bond acceptors (Lipinski definition) is 2. The Labute approximate surface area is 161 Å². The van der Waals surface area contributed by atoms with E-state index in [0.717, 1.165) is 47.4 Å². The van der Waals surface area contributed by atoms with Crippen LogP contribution >= 0.6 is 0 Å². The quantitative estimate of drug-likeness (QED) is 0.611. The number of imidazole rings is 1. The van der Waals surface area contributed by atoms with Crippen LogP contribution in [-0.4, -0.2) is 15.9 Å². The number of fused-ring (bicyclic) bond motifs is 1. The second kappa shape index (κ2) is 8.46. The molecule has 0 aliphatic rings. The van der Waals surface area contributed by atoms with Crippen LogP contribution in [0.5, 0.6) is 0 Å². The number of nitrogens with one attached hydrogen (secondary N) is 2. The molecule has 2 N–H and O–H groups in total. The van der Waals surface area contributed by atoms with Crippen LogP contribution in [-0.2, 0) is 30.4 Å². The smallest absolute Gasteiger partial charge is 0.352 e. The molecular formula is C21H22F3N3O. The number of alkyl halides is 3. The molecule has 3 aromatic rings. The lowest BCUT2D eigenvalue weighted by atomic mass is 10.1. The van der Waals surface area contributed by atoms with E-state index in [-0.39, 0.29) is 18.9 Å². The average molecular weight is 389 g/mol. The molecule has 7 heteroatoms. The highest BCUT2D eigenvalue weighted by Crippen LogP contribution is 2.29. The first kappa shape index (κ1) is 19.9. The standard InChI is InChI=1S/C21H22F3N3O/c1-2-4-19-26-17-9-7-14(12-18(17)27-19)8-10-20(28)25-13-15-5-3-6-16(11-15)21(22,23)24/h3,5-7,9,11-12H,2,4,8,10,13H2,1H3,(H,25,28)(H,26,27). The van der Waals surface area contributed by atoms with Gasteiger partial charge in [0.05, 0.1) is 16.6 Å². The van der Waals surface area contributed by atoms with Crippen LogP contribution < -0.4 is 5.32 Å². The maximum Gasteiger partial charge on any atom is 0.416 e. The molecule has 0 bridgehead atoms. The SMILES string of the molecule is CCCc1nc2ccc(CCC(=O)NCc3cccc(C(F)(F)F)c3)cc2[nH]1. The molecule has 3 rings (SSSR count). The van der Waals surface area contributed by atoms with Crippen LogP contribution in [0.3, 0.4) is 0 Å². The fraction of sp³-hybridized carbons (Fsp3) is 0.333. The van der Waals surface area contributed by atoms with Crippen molar-refractivity contribution in [2.75, 3.05) is 0 Å². The molecule has 0 aliphatic carbocycles. The monoisotopic (exact) mass is 389 g/mol. The van der Waals surface area contributed by atoms with Gasteiger partial charge in [-0.15, -0.1) is 0 Å². The Hall–Kier alpha value is -2.83. The lowest BCUT2D eigenvalue weighted by Gasteiger charge is -2.09. The third-order valence-electron chi connectivity index (χ3n) is 4.47. The van der Waals surface area contributed by atoms with Crippen LogP contribution in [0.15, 0.2) is 42.5 Å². The number of nitrogens with zero attached hydrogens (tertiary/aromatic N) is 1. The van der Waals surface area contributed by atoms with Gasteiger partial charge in [-0.2, -0.15) is 13.2 Å². The van der Waals surface area contributed by atoms with Gasteiger partial charge in [-0.05, 0) is 48.2 Å². The lowest BCUT2D eigenvalue weighted by molar-refractivity contribution is -0.137. The predicted octanol–water partition coefficient (Wildman–Crippen LogP) is 4.78. The third kappa shape index (κ3) is 5.12. The first-order chi connectivity index (χ1) is 13.3. The van der Waals surface area contributed by atoms with Crippen molar-refractivity contribution in [2.45, 2.75) is 45.3 Å². The largest absolute Gasteiger partial charge is 0.416 e. The normalized spacial score (nSPS) is 11.7. The summed E-state index contributed by atoms with van der Waals surface area (Å²) in [4.78, 5) is 19.9. The number of rotatable bonds is 7. The Morgan fingerprint density at radius 3 is 2.68 bits per heavy atom. The maximum atomic E-state index is 12.7. The molecule has 0 aliphatic heterocycles. The van der Waals surface area contributed by atoms with Gasteiger partial charge in [0.15, 0.2) is 0 Å². The summed E-state index contributed by atoms with van der Waals surface area (Å²) in [7, 11) is 0. The van der Waals surface area contributed by atoms with Crippen LogP contribution in [0.2, 0.25) is 0 Å². The molecule has 1 amide bonds. The number of halogens is 3. The summed E-state index contributed by atoms with van der Waals surface area (Å²) in [5, 5.41) is 2.68. The van der Waals surface area contributed by atoms with Crippen LogP contribution in [0.25, 0.3) is 11.0 Å². The van der Waals surface area contributed by atoms with Crippen molar-refractivity contribution < 1.29 is 18.0 Å². The number of aromatic nitrogens is 2. The van der Waals surface area contributed by atoms with Gasteiger partial charge in [-0.1, -0.05) is 25.1 Å². The summed E-state index contributed by atoms with van der Waals surface area (Å²) in [6.45, 7) is 2.17. The van der Waals surface area contributed by atoms with Crippen molar-refractivity contribution >= 4 is 16.9 Å². The molecule has 148 valence electrons. The third-order valence-corrected chi connectivity index (χ3v) is 4.47. The minimum Gasteiger partial charge on any atom is -0.352 e. The predicted molar refractivity (Wildman–Crippen MR) is 102 cm³/mol. The Balaban J connectivity index is 1.53. The summed E-state index contributed by atoms with van der Waals surface area (Å²) in [6, 6.07) is 10.8. The zero-order chi connectivity index (χ0) is 20.1. The first-order valence-corrected chi connectivity index (χ1v) is 9.25. The molecule has 2 aromatic carbocycles. The highest BCUT2D eigenvalue weighted by Gasteiger charge is 2.30. The van der Waals surface area contributed by atoms with E-state index >= 15 is 0 Å². The van der Waals surface area contributed by atoms with E-state index in [4.69, 9.17) is 0 Å². The second-order valence-electron chi connectivity index (χ2n) is 6.76. The molecule has 0 saturated heterocycles. The molecule has 4 nitrogen and oxygen atoms in total. The topological polar surface area (TPSA) is 57.8 Å². The number of benzene rings is 2. The molecule has 28 heavy (non-hydrogen) atoms. The highest BCUT2D eigenvalue weighted by atomic mass is 19.4. The van der Waals surface area contributed by atoms with Gasteiger partial charge in [0.25, 0.3) is 0 Å². The van der Waals surface area contributed by atoms with E-state index in [0.29, 0.717) is 12.0 Å². The number of aryl methyl sites for hydroxylation is 2. The van der Waals surface area contributed by atoms with Gasteiger partial charge in [0.2, 0.25) is 5.91 Å². The summed E-state index contributed by atoms with van der Waals surface area (Å²) in [5.74, 6) is 0.752. The van der Waals surface area contributed by atoms with Gasteiger partial charge in [-0.25, -0.2) is 4.98 Å². The van der Waals surface area contributed by atoms with Crippen molar-refractivity contribution in [2.24, 2.45) is 0 Å². The molecule has 0 fully saturated rings. The van der Waals surface area contributed by atoms with Gasteiger partial charge < -0.3 is 10.3 Å². The number of carbonyl (C=O) groups is 1. The summed E-state index contributed by atoms with van der Waals surface area (Å²) >= 11 is 0. The van der Waals surface area contributed by atoms with Crippen LogP contribution in [0, 0.1) is 0 Å². The van der Waals surface area contributed by atoms with Crippen molar-refractivity contribution in [1.29, 1.82) is 0 Å². The minimum atomic E-state index is -4.39. The van der Waals surface area contributed by atoms with Crippen molar-refractivity contribution in [3.63, 3.8) is 0 Å². The number of H-pyrrole nitrogens is 1. The zero-order valence-electron chi connectivity index (χ0n) is 15.6.